The summed E-state index contributed by atoms with van der Waals surface area (Å²) >= 11 is 0. The molecule has 3 rings (SSSR count). The summed E-state index contributed by atoms with van der Waals surface area (Å²) in [7, 11) is 1.85. The van der Waals surface area contributed by atoms with Crippen molar-refractivity contribution < 1.29 is 4.79 Å². The third kappa shape index (κ3) is 2.95. The zero-order valence-corrected chi connectivity index (χ0v) is 14.4. The van der Waals surface area contributed by atoms with E-state index in [9.17, 15) is 4.79 Å². The average molecular weight is 323 g/mol. The normalized spacial score (nSPS) is 10.8. The molecule has 0 radical (unpaired) electrons. The highest BCUT2D eigenvalue weighted by atomic mass is 16.1. The van der Waals surface area contributed by atoms with E-state index in [1.165, 1.54) is 0 Å². The highest BCUT2D eigenvalue weighted by molar-refractivity contribution is 6.02. The van der Waals surface area contributed by atoms with Gasteiger partial charge in [-0.1, -0.05) is 6.92 Å². The molecule has 0 fully saturated rings. The quantitative estimate of drug-likeness (QED) is 0.802. The van der Waals surface area contributed by atoms with Crippen molar-refractivity contribution in [1.29, 1.82) is 0 Å². The molecule has 124 valence electrons. The zero-order chi connectivity index (χ0) is 17.3. The fourth-order valence-corrected chi connectivity index (χ4v) is 2.61. The standard InChI is InChI=1S/C18H21N5O/c1-5-15-10-17(21-22(15)4)18(24)20-14-6-8-16(9-7-14)23-11-19-12(2)13(23)3/h6-11H,5H2,1-4H3,(H,20,24). The van der Waals surface area contributed by atoms with Gasteiger partial charge in [0.2, 0.25) is 0 Å². The number of rotatable bonds is 4. The van der Waals surface area contributed by atoms with Gasteiger partial charge in [-0.15, -0.1) is 0 Å². The Morgan fingerprint density at radius 1 is 1.21 bits per heavy atom. The first-order chi connectivity index (χ1) is 11.5. The fourth-order valence-electron chi connectivity index (χ4n) is 2.61. The van der Waals surface area contributed by atoms with Crippen molar-refractivity contribution in [3.8, 4) is 5.69 Å². The summed E-state index contributed by atoms with van der Waals surface area (Å²) in [6.07, 6.45) is 2.65. The van der Waals surface area contributed by atoms with Crippen LogP contribution in [-0.2, 0) is 13.5 Å². The van der Waals surface area contributed by atoms with E-state index in [-0.39, 0.29) is 5.91 Å². The van der Waals surface area contributed by atoms with Crippen LogP contribution >= 0.6 is 0 Å². The highest BCUT2D eigenvalue weighted by Gasteiger charge is 2.12. The second kappa shape index (κ2) is 6.31. The van der Waals surface area contributed by atoms with E-state index in [2.05, 4.69) is 15.4 Å². The van der Waals surface area contributed by atoms with Crippen molar-refractivity contribution >= 4 is 11.6 Å². The predicted octanol–water partition coefficient (Wildman–Crippen LogP) is 3.04. The van der Waals surface area contributed by atoms with Crippen molar-refractivity contribution in [3.05, 3.63) is 59.4 Å². The molecule has 1 aromatic carbocycles. The predicted molar refractivity (Wildman–Crippen MR) is 93.6 cm³/mol. The van der Waals surface area contributed by atoms with Crippen LogP contribution in [0.3, 0.4) is 0 Å². The number of aryl methyl sites for hydroxylation is 3. The van der Waals surface area contributed by atoms with Gasteiger partial charge in [0.15, 0.2) is 5.69 Å². The number of aromatic nitrogens is 4. The van der Waals surface area contributed by atoms with Crippen molar-refractivity contribution in [3.63, 3.8) is 0 Å². The second-order valence-corrected chi connectivity index (χ2v) is 5.78. The van der Waals surface area contributed by atoms with E-state index in [0.717, 1.165) is 34.9 Å². The minimum atomic E-state index is -0.201. The molecule has 0 unspecified atom stereocenters. The Morgan fingerprint density at radius 3 is 2.46 bits per heavy atom. The number of benzene rings is 1. The molecular formula is C18H21N5O. The van der Waals surface area contributed by atoms with E-state index >= 15 is 0 Å². The number of hydrogen-bond donors (Lipinski definition) is 1. The number of nitrogens with zero attached hydrogens (tertiary/aromatic N) is 4. The summed E-state index contributed by atoms with van der Waals surface area (Å²) in [5.41, 5.74) is 5.32. The van der Waals surface area contributed by atoms with Gasteiger partial charge in [-0.25, -0.2) is 4.98 Å². The van der Waals surface area contributed by atoms with Crippen LogP contribution in [0.5, 0.6) is 0 Å². The lowest BCUT2D eigenvalue weighted by Crippen LogP contribution is -2.13. The number of amides is 1. The summed E-state index contributed by atoms with van der Waals surface area (Å²) in [6, 6.07) is 9.50. The maximum absolute atomic E-state index is 12.3. The molecule has 0 aliphatic heterocycles. The second-order valence-electron chi connectivity index (χ2n) is 5.78. The molecule has 6 heteroatoms. The van der Waals surface area contributed by atoms with Gasteiger partial charge in [-0.3, -0.25) is 9.48 Å². The smallest absolute Gasteiger partial charge is 0.276 e. The molecule has 0 aliphatic rings. The minimum absolute atomic E-state index is 0.201. The Labute approximate surface area is 141 Å². The first kappa shape index (κ1) is 16.0. The summed E-state index contributed by atoms with van der Waals surface area (Å²) in [5, 5.41) is 7.13. The highest BCUT2D eigenvalue weighted by Crippen LogP contribution is 2.17. The molecule has 0 bridgehead atoms. The number of hydrogen-bond acceptors (Lipinski definition) is 3. The van der Waals surface area contributed by atoms with Gasteiger partial charge in [0, 0.05) is 29.8 Å². The van der Waals surface area contributed by atoms with Gasteiger partial charge in [-0.05, 0) is 50.6 Å². The number of nitrogens with one attached hydrogen (secondary N) is 1. The van der Waals surface area contributed by atoms with E-state index in [0.29, 0.717) is 5.69 Å². The summed E-state index contributed by atoms with van der Waals surface area (Å²) in [4.78, 5) is 16.6. The van der Waals surface area contributed by atoms with Crippen LogP contribution in [0, 0.1) is 13.8 Å². The van der Waals surface area contributed by atoms with E-state index in [4.69, 9.17) is 0 Å². The van der Waals surface area contributed by atoms with Gasteiger partial charge in [0.05, 0.1) is 12.0 Å². The van der Waals surface area contributed by atoms with Crippen LogP contribution in [0.4, 0.5) is 5.69 Å². The summed E-state index contributed by atoms with van der Waals surface area (Å²) < 4.78 is 3.76. The van der Waals surface area contributed by atoms with Gasteiger partial charge in [0.1, 0.15) is 0 Å². The fraction of sp³-hybridized carbons (Fsp3) is 0.278. The lowest BCUT2D eigenvalue weighted by molar-refractivity contribution is 0.102. The third-order valence-corrected chi connectivity index (χ3v) is 4.23. The number of carbonyl (C=O) groups excluding carboxylic acids is 1. The maximum atomic E-state index is 12.3. The third-order valence-electron chi connectivity index (χ3n) is 4.23. The van der Waals surface area contributed by atoms with Crippen LogP contribution in [-0.4, -0.2) is 25.2 Å². The lowest BCUT2D eigenvalue weighted by Gasteiger charge is -2.08. The Hall–Kier alpha value is -2.89. The Balaban J connectivity index is 1.76. The van der Waals surface area contributed by atoms with Crippen molar-refractivity contribution in [2.24, 2.45) is 7.05 Å². The van der Waals surface area contributed by atoms with Gasteiger partial charge in [-0.2, -0.15) is 5.10 Å². The van der Waals surface area contributed by atoms with Gasteiger partial charge >= 0.3 is 0 Å². The molecule has 2 heterocycles. The molecule has 3 aromatic rings. The molecular weight excluding hydrogens is 302 g/mol. The molecule has 2 aromatic heterocycles. The Bertz CT molecular complexity index is 873. The topological polar surface area (TPSA) is 64.7 Å². The van der Waals surface area contributed by atoms with Crippen LogP contribution in [0.15, 0.2) is 36.7 Å². The van der Waals surface area contributed by atoms with E-state index < -0.39 is 0 Å². The van der Waals surface area contributed by atoms with Crippen molar-refractivity contribution in [1.82, 2.24) is 19.3 Å². The van der Waals surface area contributed by atoms with Crippen LogP contribution < -0.4 is 5.32 Å². The molecule has 1 N–H and O–H groups in total. The largest absolute Gasteiger partial charge is 0.321 e. The molecule has 0 atom stereocenters. The van der Waals surface area contributed by atoms with Gasteiger partial charge < -0.3 is 9.88 Å². The Morgan fingerprint density at radius 2 is 1.92 bits per heavy atom. The first-order valence-electron chi connectivity index (χ1n) is 7.95. The first-order valence-corrected chi connectivity index (χ1v) is 7.95. The van der Waals surface area contributed by atoms with Crippen molar-refractivity contribution in [2.45, 2.75) is 27.2 Å². The summed E-state index contributed by atoms with van der Waals surface area (Å²) in [5.74, 6) is -0.201. The number of carbonyl (C=O) groups is 1. The summed E-state index contributed by atoms with van der Waals surface area (Å²) in [6.45, 7) is 6.06. The van der Waals surface area contributed by atoms with Gasteiger partial charge in [0.25, 0.3) is 5.91 Å². The number of anilines is 1. The molecule has 0 aliphatic carbocycles. The number of imidazole rings is 1. The van der Waals surface area contributed by atoms with Crippen molar-refractivity contribution in [2.75, 3.05) is 5.32 Å². The molecule has 0 saturated heterocycles. The monoisotopic (exact) mass is 323 g/mol. The minimum Gasteiger partial charge on any atom is -0.321 e. The average Bonchev–Trinajstić information content (AvgIpc) is 3.12. The van der Waals surface area contributed by atoms with E-state index in [1.807, 2.05) is 62.7 Å². The Kier molecular flexibility index (Phi) is 4.20. The molecule has 1 amide bonds. The maximum Gasteiger partial charge on any atom is 0.276 e. The van der Waals surface area contributed by atoms with Crippen LogP contribution in [0.25, 0.3) is 5.69 Å². The molecule has 6 nitrogen and oxygen atoms in total. The van der Waals surface area contributed by atoms with E-state index in [1.54, 1.807) is 11.0 Å². The molecule has 0 saturated carbocycles. The molecule has 0 spiro atoms. The zero-order valence-electron chi connectivity index (χ0n) is 14.4. The SMILES string of the molecule is CCc1cc(C(=O)Nc2ccc(-n3cnc(C)c3C)cc2)nn1C. The molecule has 24 heavy (non-hydrogen) atoms. The van der Waals surface area contributed by atoms with Crippen LogP contribution in [0.2, 0.25) is 0 Å². The van der Waals surface area contributed by atoms with Crippen LogP contribution in [0.1, 0.15) is 34.5 Å². The lowest BCUT2D eigenvalue weighted by atomic mass is 10.2.